The van der Waals surface area contributed by atoms with Crippen LogP contribution in [0.5, 0.6) is 0 Å². The average molecular weight is 291 g/mol. The molecule has 1 aromatic carbocycles. The lowest BCUT2D eigenvalue weighted by molar-refractivity contribution is 0.317. The monoisotopic (exact) mass is 290 g/mol. The largest absolute Gasteiger partial charge is 0.398 e. The molecule has 0 aromatic heterocycles. The zero-order valence-electron chi connectivity index (χ0n) is 11.0. The molecule has 0 bridgehead atoms. The summed E-state index contributed by atoms with van der Waals surface area (Å²) in [6.45, 7) is 7.74. The maximum absolute atomic E-state index is 12.1. The van der Waals surface area contributed by atoms with Crippen molar-refractivity contribution in [1.29, 1.82) is 0 Å². The van der Waals surface area contributed by atoms with Crippen LogP contribution < -0.4 is 10.5 Å². The van der Waals surface area contributed by atoms with Gasteiger partial charge in [-0.3, -0.25) is 0 Å². The number of nitrogens with one attached hydrogen (secondary N) is 1. The quantitative estimate of drug-likeness (QED) is 0.841. The molecule has 1 unspecified atom stereocenters. The molecule has 1 rings (SSSR count). The van der Waals surface area contributed by atoms with Crippen LogP contribution in [-0.4, -0.2) is 14.5 Å². The first-order valence-corrected chi connectivity index (χ1v) is 7.47. The van der Waals surface area contributed by atoms with Crippen molar-refractivity contribution in [3.8, 4) is 0 Å². The van der Waals surface area contributed by atoms with Crippen molar-refractivity contribution in [2.75, 3.05) is 5.73 Å². The predicted octanol–water partition coefficient (Wildman–Crippen LogP) is 2.64. The van der Waals surface area contributed by atoms with E-state index in [2.05, 4.69) is 4.72 Å². The summed E-state index contributed by atoms with van der Waals surface area (Å²) in [6, 6.07) is 4.09. The first kappa shape index (κ1) is 15.3. The van der Waals surface area contributed by atoms with E-state index in [1.807, 2.05) is 27.7 Å². The summed E-state index contributed by atoms with van der Waals surface area (Å²) < 4.78 is 26.9. The minimum absolute atomic E-state index is 0.123. The van der Waals surface area contributed by atoms with Crippen LogP contribution in [0.3, 0.4) is 0 Å². The molecule has 0 radical (unpaired) electrons. The van der Waals surface area contributed by atoms with Gasteiger partial charge in [0.05, 0.1) is 15.6 Å². The van der Waals surface area contributed by atoms with Gasteiger partial charge >= 0.3 is 0 Å². The number of benzene rings is 1. The van der Waals surface area contributed by atoms with Gasteiger partial charge in [0.15, 0.2) is 0 Å². The Kier molecular flexibility index (Phi) is 4.30. The van der Waals surface area contributed by atoms with Crippen molar-refractivity contribution in [3.63, 3.8) is 0 Å². The van der Waals surface area contributed by atoms with Gasteiger partial charge in [0.1, 0.15) is 0 Å². The van der Waals surface area contributed by atoms with E-state index < -0.39 is 10.0 Å². The second kappa shape index (κ2) is 5.07. The van der Waals surface area contributed by atoms with Gasteiger partial charge in [0.2, 0.25) is 10.0 Å². The summed E-state index contributed by atoms with van der Waals surface area (Å²) in [5.41, 5.74) is 5.75. The maximum atomic E-state index is 12.1. The van der Waals surface area contributed by atoms with Crippen LogP contribution >= 0.6 is 11.6 Å². The highest BCUT2D eigenvalue weighted by Crippen LogP contribution is 2.24. The molecule has 0 saturated carbocycles. The van der Waals surface area contributed by atoms with Crippen LogP contribution in [-0.2, 0) is 10.0 Å². The fraction of sp³-hybridized carbons (Fsp3) is 0.500. The normalized spacial score (nSPS) is 14.5. The second-order valence-corrected chi connectivity index (χ2v) is 7.51. The summed E-state index contributed by atoms with van der Waals surface area (Å²) in [7, 11) is -3.57. The molecule has 0 heterocycles. The third kappa shape index (κ3) is 3.60. The van der Waals surface area contributed by atoms with Gasteiger partial charge in [-0.1, -0.05) is 32.4 Å². The lowest BCUT2D eigenvalue weighted by Gasteiger charge is -2.27. The summed E-state index contributed by atoms with van der Waals surface area (Å²) in [5.74, 6) is 0. The lowest BCUT2D eigenvalue weighted by Crippen LogP contribution is -2.41. The Balaban J connectivity index is 3.04. The number of halogens is 1. The smallest absolute Gasteiger partial charge is 0.240 e. The first-order chi connectivity index (χ1) is 8.04. The van der Waals surface area contributed by atoms with E-state index >= 15 is 0 Å². The molecule has 4 nitrogen and oxygen atoms in total. The van der Waals surface area contributed by atoms with Gasteiger partial charge in [-0.2, -0.15) is 0 Å². The Bertz CT molecular complexity index is 535. The van der Waals surface area contributed by atoms with Crippen molar-refractivity contribution in [2.45, 2.75) is 38.6 Å². The van der Waals surface area contributed by atoms with Gasteiger partial charge in [-0.15, -0.1) is 0 Å². The van der Waals surface area contributed by atoms with E-state index in [0.29, 0.717) is 5.69 Å². The molecular formula is C12H19ClN2O2S. The second-order valence-electron chi connectivity index (χ2n) is 5.39. The highest BCUT2D eigenvalue weighted by Gasteiger charge is 2.26. The minimum atomic E-state index is -3.57. The fourth-order valence-electron chi connectivity index (χ4n) is 1.15. The van der Waals surface area contributed by atoms with Crippen molar-refractivity contribution >= 4 is 27.3 Å². The molecule has 0 aliphatic carbocycles. The Morgan fingerprint density at radius 2 is 1.89 bits per heavy atom. The molecule has 0 saturated heterocycles. The van der Waals surface area contributed by atoms with E-state index in [4.69, 9.17) is 17.3 Å². The molecule has 0 aliphatic heterocycles. The average Bonchev–Trinajstić information content (AvgIpc) is 2.19. The van der Waals surface area contributed by atoms with E-state index in [0.717, 1.165) is 0 Å². The van der Waals surface area contributed by atoms with Crippen molar-refractivity contribution in [2.24, 2.45) is 5.41 Å². The molecule has 0 fully saturated rings. The zero-order chi connectivity index (χ0) is 14.1. The first-order valence-electron chi connectivity index (χ1n) is 5.61. The lowest BCUT2D eigenvalue weighted by atomic mass is 9.89. The van der Waals surface area contributed by atoms with Crippen LogP contribution in [0.25, 0.3) is 0 Å². The van der Waals surface area contributed by atoms with Crippen LogP contribution in [0.2, 0.25) is 5.02 Å². The number of rotatable bonds is 3. The van der Waals surface area contributed by atoms with Gasteiger partial charge in [-0.05, 0) is 30.5 Å². The van der Waals surface area contributed by atoms with Crippen molar-refractivity contribution in [3.05, 3.63) is 23.2 Å². The summed E-state index contributed by atoms with van der Waals surface area (Å²) >= 11 is 5.83. The fourth-order valence-corrected chi connectivity index (χ4v) is 2.87. The van der Waals surface area contributed by atoms with Crippen LogP contribution in [0.4, 0.5) is 5.69 Å². The highest BCUT2D eigenvalue weighted by atomic mass is 35.5. The molecule has 1 atom stereocenters. The predicted molar refractivity (Wildman–Crippen MR) is 75.1 cm³/mol. The molecule has 102 valence electrons. The number of anilines is 1. The van der Waals surface area contributed by atoms with E-state index in [9.17, 15) is 8.42 Å². The molecule has 3 N–H and O–H groups in total. The van der Waals surface area contributed by atoms with E-state index in [1.165, 1.54) is 18.2 Å². The third-order valence-corrected chi connectivity index (χ3v) is 4.78. The molecule has 1 aromatic rings. The number of hydrogen-bond donors (Lipinski definition) is 2. The molecule has 18 heavy (non-hydrogen) atoms. The topological polar surface area (TPSA) is 72.2 Å². The molecular weight excluding hydrogens is 272 g/mol. The van der Waals surface area contributed by atoms with Crippen molar-refractivity contribution < 1.29 is 8.42 Å². The van der Waals surface area contributed by atoms with Crippen LogP contribution in [0, 0.1) is 5.41 Å². The summed E-state index contributed by atoms with van der Waals surface area (Å²) in [4.78, 5) is 0.123. The minimum Gasteiger partial charge on any atom is -0.398 e. The highest BCUT2D eigenvalue weighted by molar-refractivity contribution is 7.89. The Morgan fingerprint density at radius 1 is 1.33 bits per heavy atom. The van der Waals surface area contributed by atoms with E-state index in [-0.39, 0.29) is 21.4 Å². The third-order valence-electron chi connectivity index (χ3n) is 2.91. The van der Waals surface area contributed by atoms with Gasteiger partial charge < -0.3 is 5.73 Å². The molecule has 0 amide bonds. The number of nitrogen functional groups attached to an aromatic ring is 1. The Hall–Kier alpha value is -0.780. The molecule has 6 heteroatoms. The SMILES string of the molecule is CC(NS(=O)(=O)c1ccc(N)c(Cl)c1)C(C)(C)C. The molecule has 0 spiro atoms. The Labute approximate surface area is 114 Å². The number of sulfonamides is 1. The Morgan fingerprint density at radius 3 is 2.33 bits per heavy atom. The van der Waals surface area contributed by atoms with Gasteiger partial charge in [-0.25, -0.2) is 13.1 Å². The van der Waals surface area contributed by atoms with E-state index in [1.54, 1.807) is 0 Å². The summed E-state index contributed by atoms with van der Waals surface area (Å²) in [5, 5.41) is 0.237. The zero-order valence-corrected chi connectivity index (χ0v) is 12.6. The standard InChI is InChI=1S/C12H19ClN2O2S/c1-8(12(2,3)4)15-18(16,17)9-5-6-11(14)10(13)7-9/h5-8,15H,14H2,1-4H3. The maximum Gasteiger partial charge on any atom is 0.240 e. The van der Waals surface area contributed by atoms with Crippen molar-refractivity contribution in [1.82, 2.24) is 4.72 Å². The summed E-state index contributed by atoms with van der Waals surface area (Å²) in [6.07, 6.45) is 0. The number of hydrogen-bond acceptors (Lipinski definition) is 3. The van der Waals surface area contributed by atoms with Crippen LogP contribution in [0.1, 0.15) is 27.7 Å². The van der Waals surface area contributed by atoms with Crippen LogP contribution in [0.15, 0.2) is 23.1 Å². The number of nitrogens with two attached hydrogens (primary N) is 1. The van der Waals surface area contributed by atoms with Gasteiger partial charge in [0, 0.05) is 6.04 Å². The molecule has 0 aliphatic rings. The van der Waals surface area contributed by atoms with Gasteiger partial charge in [0.25, 0.3) is 0 Å².